The minimum atomic E-state index is -0.358. The van der Waals surface area contributed by atoms with Crippen molar-refractivity contribution in [1.29, 1.82) is 0 Å². The zero-order valence-electron chi connectivity index (χ0n) is 12.8. The summed E-state index contributed by atoms with van der Waals surface area (Å²) in [5, 5.41) is 12.0. The van der Waals surface area contributed by atoms with Gasteiger partial charge in [-0.25, -0.2) is 0 Å². The first kappa shape index (κ1) is 14.4. The molecule has 1 fully saturated rings. The number of fused-ring (bicyclic) bond motifs is 1. The summed E-state index contributed by atoms with van der Waals surface area (Å²) in [6.45, 7) is 2.08. The van der Waals surface area contributed by atoms with Crippen LogP contribution in [0.1, 0.15) is 44.3 Å². The molecule has 1 aromatic rings. The fourth-order valence-electron chi connectivity index (χ4n) is 3.33. The average molecular weight is 290 g/mol. The van der Waals surface area contributed by atoms with Crippen molar-refractivity contribution in [3.05, 3.63) is 23.8 Å². The van der Waals surface area contributed by atoms with Gasteiger partial charge in [-0.1, -0.05) is 12.5 Å². The lowest BCUT2D eigenvalue weighted by Gasteiger charge is -2.36. The second kappa shape index (κ2) is 5.31. The highest BCUT2D eigenvalue weighted by atomic mass is 16.5. The summed E-state index contributed by atoms with van der Waals surface area (Å²) in [7, 11) is 3.22. The van der Waals surface area contributed by atoms with E-state index in [4.69, 9.17) is 14.5 Å². The largest absolute Gasteiger partial charge is 0.493 e. The van der Waals surface area contributed by atoms with Crippen LogP contribution in [0.25, 0.3) is 0 Å². The van der Waals surface area contributed by atoms with Crippen molar-refractivity contribution in [2.45, 2.75) is 44.3 Å². The Hall–Kier alpha value is -1.59. The molecule has 0 bridgehead atoms. The van der Waals surface area contributed by atoms with Crippen LogP contribution in [0.3, 0.4) is 0 Å². The predicted octanol–water partition coefficient (Wildman–Crippen LogP) is 3.18. The highest BCUT2D eigenvalue weighted by Crippen LogP contribution is 2.43. The van der Waals surface area contributed by atoms with Crippen molar-refractivity contribution in [3.8, 4) is 11.5 Å². The van der Waals surface area contributed by atoms with Crippen molar-refractivity contribution < 1.29 is 14.7 Å². The van der Waals surface area contributed by atoms with Gasteiger partial charge in [0.15, 0.2) is 17.7 Å². The summed E-state index contributed by atoms with van der Waals surface area (Å²) in [5.41, 5.74) is 1.70. The smallest absolute Gasteiger partial charge is 0.161 e. The van der Waals surface area contributed by atoms with Crippen LogP contribution >= 0.6 is 0 Å². The van der Waals surface area contributed by atoms with Crippen molar-refractivity contribution in [1.82, 2.24) is 5.06 Å². The maximum atomic E-state index is 10.6. The Kier molecular flexibility index (Phi) is 3.63. The fourth-order valence-corrected chi connectivity index (χ4v) is 3.33. The Morgan fingerprint density at radius 1 is 1.24 bits per heavy atom. The molecule has 21 heavy (non-hydrogen) atoms. The molecule has 114 valence electrons. The van der Waals surface area contributed by atoms with Gasteiger partial charge in [0.05, 0.1) is 19.8 Å². The second-order valence-corrected chi connectivity index (χ2v) is 5.89. The number of hydrogen-bond donors (Lipinski definition) is 1. The molecule has 1 N–H and O–H groups in total. The van der Waals surface area contributed by atoms with Gasteiger partial charge in [0, 0.05) is 5.71 Å². The molecule has 0 amide bonds. The number of nitrogens with zero attached hydrogens (tertiary/aromatic N) is 2. The number of methoxy groups -OCH3 is 2. The normalized spacial score (nSPS) is 29.0. The van der Waals surface area contributed by atoms with Crippen LogP contribution in [0.4, 0.5) is 0 Å². The Morgan fingerprint density at radius 3 is 2.67 bits per heavy atom. The number of benzene rings is 1. The molecule has 1 aliphatic carbocycles. The quantitative estimate of drug-likeness (QED) is 0.929. The molecule has 0 saturated heterocycles. The van der Waals surface area contributed by atoms with Gasteiger partial charge in [-0.2, -0.15) is 5.06 Å². The lowest BCUT2D eigenvalue weighted by Crippen LogP contribution is -2.48. The third-order valence-corrected chi connectivity index (χ3v) is 4.67. The van der Waals surface area contributed by atoms with E-state index in [1.807, 2.05) is 18.2 Å². The third-order valence-electron chi connectivity index (χ3n) is 4.67. The van der Waals surface area contributed by atoms with E-state index in [0.29, 0.717) is 11.5 Å². The SMILES string of the molecule is COc1ccc([C@H]2N=C3CCCC[C@@]3(C)N2O)cc1OC. The predicted molar refractivity (Wildman–Crippen MR) is 80.2 cm³/mol. The van der Waals surface area contributed by atoms with E-state index in [1.165, 1.54) is 5.06 Å². The molecular formula is C16H22N2O3. The minimum Gasteiger partial charge on any atom is -0.493 e. The van der Waals surface area contributed by atoms with Crippen LogP contribution in [0.2, 0.25) is 0 Å². The van der Waals surface area contributed by atoms with E-state index in [2.05, 4.69) is 6.92 Å². The second-order valence-electron chi connectivity index (χ2n) is 5.89. The van der Waals surface area contributed by atoms with Gasteiger partial charge in [-0.15, -0.1) is 0 Å². The van der Waals surface area contributed by atoms with E-state index in [-0.39, 0.29) is 11.7 Å². The Morgan fingerprint density at radius 2 is 2.00 bits per heavy atom. The van der Waals surface area contributed by atoms with E-state index < -0.39 is 0 Å². The minimum absolute atomic E-state index is 0.323. The first-order chi connectivity index (χ1) is 10.1. The number of ether oxygens (including phenoxy) is 2. The maximum absolute atomic E-state index is 10.6. The van der Waals surface area contributed by atoms with Crippen LogP contribution < -0.4 is 9.47 Å². The van der Waals surface area contributed by atoms with Gasteiger partial charge in [0.25, 0.3) is 0 Å². The molecule has 1 saturated carbocycles. The van der Waals surface area contributed by atoms with E-state index in [9.17, 15) is 5.21 Å². The maximum Gasteiger partial charge on any atom is 0.161 e. The van der Waals surface area contributed by atoms with E-state index in [0.717, 1.165) is 37.0 Å². The molecule has 2 aliphatic rings. The summed E-state index contributed by atoms with van der Waals surface area (Å²) in [4.78, 5) is 4.76. The van der Waals surface area contributed by atoms with Crippen molar-refractivity contribution >= 4 is 5.71 Å². The molecule has 0 radical (unpaired) electrons. The lowest BCUT2D eigenvalue weighted by atomic mass is 9.82. The number of aliphatic imine (C=N–C) groups is 1. The Bertz CT molecular complexity index is 573. The topological polar surface area (TPSA) is 54.3 Å². The number of hydrogen-bond acceptors (Lipinski definition) is 5. The third kappa shape index (κ3) is 2.21. The summed E-state index contributed by atoms with van der Waals surface area (Å²) < 4.78 is 10.6. The van der Waals surface area contributed by atoms with E-state index >= 15 is 0 Å². The first-order valence-corrected chi connectivity index (χ1v) is 7.37. The monoisotopic (exact) mass is 290 g/mol. The summed E-state index contributed by atoms with van der Waals surface area (Å²) in [6.07, 6.45) is 3.85. The van der Waals surface area contributed by atoms with Crippen LogP contribution in [-0.4, -0.2) is 35.7 Å². The van der Waals surface area contributed by atoms with Crippen LogP contribution in [0.5, 0.6) is 11.5 Å². The summed E-state index contributed by atoms with van der Waals surface area (Å²) in [5.74, 6) is 1.34. The molecule has 1 heterocycles. The molecule has 2 atom stereocenters. The van der Waals surface area contributed by atoms with Gasteiger partial charge in [0.2, 0.25) is 0 Å². The molecule has 5 nitrogen and oxygen atoms in total. The van der Waals surface area contributed by atoms with Gasteiger partial charge < -0.3 is 14.7 Å². The zero-order valence-corrected chi connectivity index (χ0v) is 12.8. The van der Waals surface area contributed by atoms with Crippen LogP contribution in [0, 0.1) is 0 Å². The number of rotatable bonds is 3. The zero-order chi connectivity index (χ0) is 15.0. The number of hydroxylamine groups is 2. The standard InChI is InChI=1S/C16H22N2O3/c1-16-9-5-4-6-14(16)17-15(18(16)19)11-7-8-12(20-2)13(10-11)21-3/h7-8,10,15,19H,4-6,9H2,1-3H3/t15-,16+/m0/s1. The summed E-state index contributed by atoms with van der Waals surface area (Å²) >= 11 is 0. The van der Waals surface area contributed by atoms with Gasteiger partial charge >= 0.3 is 0 Å². The summed E-state index contributed by atoms with van der Waals surface area (Å²) in [6, 6.07) is 5.67. The molecule has 5 heteroatoms. The van der Waals surface area contributed by atoms with Gasteiger partial charge in [0.1, 0.15) is 0 Å². The fraction of sp³-hybridized carbons (Fsp3) is 0.562. The van der Waals surface area contributed by atoms with Gasteiger partial charge in [-0.05, 0) is 43.9 Å². The first-order valence-electron chi connectivity index (χ1n) is 7.37. The van der Waals surface area contributed by atoms with Crippen LogP contribution in [0.15, 0.2) is 23.2 Å². The molecule has 0 unspecified atom stereocenters. The molecule has 1 aliphatic heterocycles. The average Bonchev–Trinajstić information content (AvgIpc) is 2.78. The van der Waals surface area contributed by atoms with Crippen molar-refractivity contribution in [3.63, 3.8) is 0 Å². The highest BCUT2D eigenvalue weighted by molar-refractivity contribution is 5.95. The Labute approximate surface area is 125 Å². The Balaban J connectivity index is 1.96. The van der Waals surface area contributed by atoms with E-state index in [1.54, 1.807) is 14.2 Å². The van der Waals surface area contributed by atoms with Crippen molar-refractivity contribution in [2.24, 2.45) is 4.99 Å². The molecule has 0 spiro atoms. The molecule has 0 aromatic heterocycles. The molecular weight excluding hydrogens is 268 g/mol. The van der Waals surface area contributed by atoms with Crippen molar-refractivity contribution in [2.75, 3.05) is 14.2 Å². The molecule has 1 aromatic carbocycles. The highest BCUT2D eigenvalue weighted by Gasteiger charge is 2.47. The van der Waals surface area contributed by atoms with Crippen LogP contribution in [-0.2, 0) is 0 Å². The molecule has 3 rings (SSSR count). The lowest BCUT2D eigenvalue weighted by molar-refractivity contribution is -0.168. The van der Waals surface area contributed by atoms with Gasteiger partial charge in [-0.3, -0.25) is 4.99 Å².